The first kappa shape index (κ1) is 18.2. The number of methoxy groups -OCH3 is 1. The average Bonchev–Trinajstić information content (AvgIpc) is 2.39. The second-order valence-corrected chi connectivity index (χ2v) is 7.90. The summed E-state index contributed by atoms with van der Waals surface area (Å²) >= 11 is 9.16. The molecule has 1 rings (SSSR count). The average molecular weight is 396 g/mol. The first-order chi connectivity index (χ1) is 9.57. The molecule has 1 atom stereocenters. The Bertz CT molecular complexity index is 685. The highest BCUT2D eigenvalue weighted by Gasteiger charge is 2.35. The van der Waals surface area contributed by atoms with Crippen molar-refractivity contribution in [1.82, 2.24) is 4.72 Å². The molecule has 0 bridgehead atoms. The van der Waals surface area contributed by atoms with Crippen LogP contribution >= 0.6 is 27.5 Å². The van der Waals surface area contributed by atoms with Crippen molar-refractivity contribution in [1.29, 1.82) is 5.26 Å². The first-order valence-electron chi connectivity index (χ1n) is 6.05. The summed E-state index contributed by atoms with van der Waals surface area (Å²) in [5.74, 6) is 0.152. The van der Waals surface area contributed by atoms with Gasteiger partial charge in [-0.25, -0.2) is 8.42 Å². The molecule has 0 unspecified atom stereocenters. The Morgan fingerprint density at radius 1 is 1.48 bits per heavy atom. The summed E-state index contributed by atoms with van der Waals surface area (Å²) in [6, 6.07) is 4.75. The minimum absolute atomic E-state index is 0.0459. The molecule has 0 aromatic heterocycles. The Kier molecular flexibility index (Phi) is 5.67. The third kappa shape index (κ3) is 3.89. The van der Waals surface area contributed by atoms with E-state index in [1.54, 1.807) is 13.8 Å². The molecular weight excluding hydrogens is 380 g/mol. The summed E-state index contributed by atoms with van der Waals surface area (Å²) in [5, 5.41) is 9.41. The molecule has 0 heterocycles. The van der Waals surface area contributed by atoms with E-state index in [0.29, 0.717) is 10.2 Å². The van der Waals surface area contributed by atoms with E-state index in [2.05, 4.69) is 20.7 Å². The van der Waals surface area contributed by atoms with Crippen molar-refractivity contribution in [2.45, 2.75) is 31.2 Å². The van der Waals surface area contributed by atoms with Crippen LogP contribution in [0.2, 0.25) is 5.02 Å². The number of sulfonamides is 1. The number of nitrogens with one attached hydrogen (secondary N) is 1. The lowest BCUT2D eigenvalue weighted by Crippen LogP contribution is -2.48. The van der Waals surface area contributed by atoms with Crippen molar-refractivity contribution in [3.05, 3.63) is 21.6 Å². The van der Waals surface area contributed by atoms with Gasteiger partial charge >= 0.3 is 0 Å². The largest absolute Gasteiger partial charge is 0.495 e. The molecule has 0 radical (unpaired) electrons. The normalized spacial score (nSPS) is 14.6. The van der Waals surface area contributed by atoms with E-state index >= 15 is 0 Å². The van der Waals surface area contributed by atoms with Gasteiger partial charge < -0.3 is 4.74 Å². The molecule has 0 aliphatic heterocycles. The highest BCUT2D eigenvalue weighted by atomic mass is 79.9. The van der Waals surface area contributed by atoms with Crippen molar-refractivity contribution >= 4 is 37.6 Å². The van der Waals surface area contributed by atoms with Gasteiger partial charge in [0.15, 0.2) is 0 Å². The molecule has 1 N–H and O–H groups in total. The van der Waals surface area contributed by atoms with E-state index in [0.717, 1.165) is 0 Å². The lowest BCUT2D eigenvalue weighted by atomic mass is 9.92. The number of halogens is 2. The Morgan fingerprint density at radius 2 is 2.05 bits per heavy atom. The summed E-state index contributed by atoms with van der Waals surface area (Å²) in [5.41, 5.74) is -1.22. The molecule has 8 heteroatoms. The zero-order chi connectivity index (χ0) is 16.4. The van der Waals surface area contributed by atoms with E-state index in [-0.39, 0.29) is 15.8 Å². The Hall–Kier alpha value is -0.810. The monoisotopic (exact) mass is 394 g/mol. The van der Waals surface area contributed by atoms with Gasteiger partial charge in [-0.05, 0) is 40.9 Å². The van der Waals surface area contributed by atoms with Gasteiger partial charge in [-0.2, -0.15) is 9.98 Å². The van der Waals surface area contributed by atoms with Gasteiger partial charge in [-0.15, -0.1) is 0 Å². The Labute approximate surface area is 138 Å². The number of rotatable bonds is 5. The van der Waals surface area contributed by atoms with E-state index < -0.39 is 15.6 Å². The predicted octanol–water partition coefficient (Wildman–Crippen LogP) is 3.33. The minimum atomic E-state index is -3.91. The van der Waals surface area contributed by atoms with Gasteiger partial charge in [0, 0.05) is 4.47 Å². The number of hydrogen-bond donors (Lipinski definition) is 1. The maximum Gasteiger partial charge on any atom is 0.243 e. The van der Waals surface area contributed by atoms with E-state index in [4.69, 9.17) is 16.3 Å². The molecule has 0 aliphatic rings. The maximum absolute atomic E-state index is 12.5. The van der Waals surface area contributed by atoms with Gasteiger partial charge in [-0.1, -0.05) is 25.4 Å². The zero-order valence-electron chi connectivity index (χ0n) is 12.1. The number of hydrogen-bond acceptors (Lipinski definition) is 4. The second-order valence-electron chi connectivity index (χ2n) is 4.99. The van der Waals surface area contributed by atoms with Gasteiger partial charge in [0.05, 0.1) is 23.1 Å². The summed E-state index contributed by atoms with van der Waals surface area (Å²) in [4.78, 5) is -0.0459. The molecular formula is C13H16BrClN2O3S. The van der Waals surface area contributed by atoms with Crippen LogP contribution in [0.3, 0.4) is 0 Å². The van der Waals surface area contributed by atoms with Gasteiger partial charge in [0.25, 0.3) is 0 Å². The molecule has 0 saturated carbocycles. The predicted molar refractivity (Wildman–Crippen MR) is 84.9 cm³/mol. The molecule has 1 aromatic carbocycles. The summed E-state index contributed by atoms with van der Waals surface area (Å²) in [7, 11) is -2.48. The van der Waals surface area contributed by atoms with Crippen LogP contribution in [0.5, 0.6) is 5.75 Å². The van der Waals surface area contributed by atoms with Gasteiger partial charge in [0.1, 0.15) is 11.3 Å². The van der Waals surface area contributed by atoms with Crippen LogP contribution in [0.15, 0.2) is 21.5 Å². The zero-order valence-corrected chi connectivity index (χ0v) is 15.2. The number of ether oxygens (including phenoxy) is 1. The summed E-state index contributed by atoms with van der Waals surface area (Å²) < 4.78 is 32.7. The Balaban J connectivity index is 3.34. The SMILES string of the molecule is COc1cc(Br)c(S(=O)(=O)N[C@@](C)(C#N)C(C)C)cc1Cl. The highest BCUT2D eigenvalue weighted by Crippen LogP contribution is 2.34. The lowest BCUT2D eigenvalue weighted by molar-refractivity contribution is 0.388. The molecule has 5 nitrogen and oxygen atoms in total. The molecule has 0 fully saturated rings. The van der Waals surface area contributed by atoms with E-state index in [9.17, 15) is 13.7 Å². The smallest absolute Gasteiger partial charge is 0.243 e. The fourth-order valence-electron chi connectivity index (χ4n) is 1.48. The van der Waals surface area contributed by atoms with Crippen molar-refractivity contribution in [2.24, 2.45) is 5.92 Å². The van der Waals surface area contributed by atoms with Crippen LogP contribution < -0.4 is 9.46 Å². The molecule has 0 spiro atoms. The Morgan fingerprint density at radius 3 is 2.48 bits per heavy atom. The number of nitrogens with zero attached hydrogens (tertiary/aromatic N) is 1. The van der Waals surface area contributed by atoms with Crippen molar-refractivity contribution in [2.75, 3.05) is 7.11 Å². The molecule has 0 aliphatic carbocycles. The van der Waals surface area contributed by atoms with E-state index in [1.807, 2.05) is 6.07 Å². The standard InChI is InChI=1S/C13H16BrClN2O3S/c1-8(2)13(3,7-16)17-21(18,19)12-6-10(15)11(20-4)5-9(12)14/h5-6,8,17H,1-4H3/t13-/m0/s1. The van der Waals surface area contributed by atoms with Gasteiger partial charge in [-0.3, -0.25) is 0 Å². The van der Waals surface area contributed by atoms with Crippen LogP contribution in [0.4, 0.5) is 0 Å². The topological polar surface area (TPSA) is 79.2 Å². The third-order valence-corrected chi connectivity index (χ3v) is 6.05. The number of benzene rings is 1. The first-order valence-corrected chi connectivity index (χ1v) is 8.71. The van der Waals surface area contributed by atoms with Gasteiger partial charge in [0.2, 0.25) is 10.0 Å². The summed E-state index contributed by atoms with van der Waals surface area (Å²) in [6.07, 6.45) is 0. The highest BCUT2D eigenvalue weighted by molar-refractivity contribution is 9.10. The van der Waals surface area contributed by atoms with Crippen LogP contribution in [-0.4, -0.2) is 21.1 Å². The quantitative estimate of drug-likeness (QED) is 0.829. The fourth-order valence-corrected chi connectivity index (χ4v) is 4.28. The fraction of sp³-hybridized carbons (Fsp3) is 0.462. The van der Waals surface area contributed by atoms with Crippen LogP contribution in [0.25, 0.3) is 0 Å². The third-order valence-electron chi connectivity index (χ3n) is 3.23. The molecule has 0 amide bonds. The number of nitriles is 1. The lowest BCUT2D eigenvalue weighted by Gasteiger charge is -2.27. The minimum Gasteiger partial charge on any atom is -0.495 e. The summed E-state index contributed by atoms with van der Waals surface area (Å²) in [6.45, 7) is 5.07. The van der Waals surface area contributed by atoms with Crippen LogP contribution in [0, 0.1) is 17.2 Å². The molecule has 1 aromatic rings. The van der Waals surface area contributed by atoms with Crippen molar-refractivity contribution < 1.29 is 13.2 Å². The van der Waals surface area contributed by atoms with Crippen molar-refractivity contribution in [3.63, 3.8) is 0 Å². The van der Waals surface area contributed by atoms with Crippen LogP contribution in [0.1, 0.15) is 20.8 Å². The molecule has 116 valence electrons. The van der Waals surface area contributed by atoms with Crippen LogP contribution in [-0.2, 0) is 10.0 Å². The van der Waals surface area contributed by atoms with Crippen molar-refractivity contribution in [3.8, 4) is 11.8 Å². The maximum atomic E-state index is 12.5. The second kappa shape index (κ2) is 6.53. The molecule has 0 saturated heterocycles. The molecule has 21 heavy (non-hydrogen) atoms. The van der Waals surface area contributed by atoms with E-state index in [1.165, 1.54) is 26.2 Å².